The van der Waals surface area contributed by atoms with Crippen LogP contribution in [0, 0.1) is 17.5 Å². The van der Waals surface area contributed by atoms with E-state index in [0.29, 0.717) is 5.82 Å². The van der Waals surface area contributed by atoms with Crippen molar-refractivity contribution in [2.75, 3.05) is 0 Å². The van der Waals surface area contributed by atoms with Crippen LogP contribution in [0.25, 0.3) is 11.3 Å². The highest BCUT2D eigenvalue weighted by molar-refractivity contribution is 6.29. The molecule has 6 heteroatoms. The average Bonchev–Trinajstić information content (AvgIpc) is 2.33. The van der Waals surface area contributed by atoms with Crippen LogP contribution in [0.1, 0.15) is 26.6 Å². The summed E-state index contributed by atoms with van der Waals surface area (Å²) in [6.45, 7) is 5.65. The first-order valence-corrected chi connectivity index (χ1v) is 6.26. The molecule has 0 fully saturated rings. The summed E-state index contributed by atoms with van der Waals surface area (Å²) < 4.78 is 39.5. The van der Waals surface area contributed by atoms with E-state index in [4.69, 9.17) is 11.6 Å². The van der Waals surface area contributed by atoms with Crippen molar-refractivity contribution in [3.8, 4) is 11.3 Å². The predicted octanol–water partition coefficient (Wildman–Crippen LogP) is 4.51. The van der Waals surface area contributed by atoms with Gasteiger partial charge in [-0.25, -0.2) is 23.1 Å². The summed E-state index contributed by atoms with van der Waals surface area (Å²) in [5.41, 5.74) is -0.0273. The number of hydrogen-bond acceptors (Lipinski definition) is 2. The summed E-state index contributed by atoms with van der Waals surface area (Å²) in [7, 11) is 0. The van der Waals surface area contributed by atoms with Gasteiger partial charge in [-0.05, 0) is 12.1 Å². The molecular formula is C14H12ClF3N2. The fourth-order valence-corrected chi connectivity index (χ4v) is 1.79. The fourth-order valence-electron chi connectivity index (χ4n) is 1.60. The lowest BCUT2D eigenvalue weighted by atomic mass is 9.95. The molecular weight excluding hydrogens is 289 g/mol. The van der Waals surface area contributed by atoms with E-state index in [2.05, 4.69) is 9.97 Å². The Balaban J connectivity index is 2.61. The van der Waals surface area contributed by atoms with Gasteiger partial charge in [-0.15, -0.1) is 0 Å². The maximum atomic E-state index is 13.3. The van der Waals surface area contributed by atoms with E-state index in [1.54, 1.807) is 0 Å². The molecule has 0 aliphatic carbocycles. The van der Waals surface area contributed by atoms with E-state index in [-0.39, 0.29) is 21.8 Å². The molecule has 2 rings (SSSR count). The summed E-state index contributed by atoms with van der Waals surface area (Å²) >= 11 is 5.90. The smallest absolute Gasteiger partial charge is 0.194 e. The summed E-state index contributed by atoms with van der Waals surface area (Å²) in [6, 6.07) is 3.13. The Morgan fingerprint density at radius 1 is 0.950 bits per heavy atom. The monoisotopic (exact) mass is 300 g/mol. The van der Waals surface area contributed by atoms with Gasteiger partial charge in [0, 0.05) is 17.0 Å². The molecule has 2 nitrogen and oxygen atoms in total. The van der Waals surface area contributed by atoms with E-state index in [1.807, 2.05) is 20.8 Å². The van der Waals surface area contributed by atoms with Crippen molar-refractivity contribution in [2.45, 2.75) is 26.2 Å². The second-order valence-electron chi connectivity index (χ2n) is 5.40. The van der Waals surface area contributed by atoms with Crippen LogP contribution in [0.4, 0.5) is 13.2 Å². The molecule has 0 spiro atoms. The predicted molar refractivity (Wildman–Crippen MR) is 71.1 cm³/mol. The highest BCUT2D eigenvalue weighted by Gasteiger charge is 2.20. The molecule has 2 aromatic rings. The number of halogens is 4. The van der Waals surface area contributed by atoms with Crippen molar-refractivity contribution >= 4 is 11.6 Å². The van der Waals surface area contributed by atoms with Crippen LogP contribution < -0.4 is 0 Å². The van der Waals surface area contributed by atoms with Gasteiger partial charge in [-0.3, -0.25) is 0 Å². The van der Waals surface area contributed by atoms with Crippen LogP contribution in [-0.2, 0) is 5.41 Å². The summed E-state index contributed by atoms with van der Waals surface area (Å²) in [5, 5.41) is 0.157. The molecule has 0 saturated carbocycles. The minimum atomic E-state index is -1.51. The number of benzene rings is 1. The molecule has 0 bridgehead atoms. The Morgan fingerprint density at radius 3 is 2.00 bits per heavy atom. The lowest BCUT2D eigenvalue weighted by Crippen LogP contribution is -2.16. The Labute approximate surface area is 119 Å². The van der Waals surface area contributed by atoms with Crippen molar-refractivity contribution < 1.29 is 13.2 Å². The van der Waals surface area contributed by atoms with Gasteiger partial charge < -0.3 is 0 Å². The minimum Gasteiger partial charge on any atom is -0.232 e. The Morgan fingerprint density at radius 2 is 1.50 bits per heavy atom. The molecule has 0 aliphatic heterocycles. The molecule has 0 N–H and O–H groups in total. The number of hydrogen-bond donors (Lipinski definition) is 0. The SMILES string of the molecule is CC(C)(C)c1nc(Cl)cc(-c2cc(F)c(F)c(F)c2)n1. The Hall–Kier alpha value is -1.62. The van der Waals surface area contributed by atoms with Crippen LogP contribution in [0.15, 0.2) is 18.2 Å². The molecule has 0 saturated heterocycles. The lowest BCUT2D eigenvalue weighted by Gasteiger charge is -2.17. The number of aromatic nitrogens is 2. The van der Waals surface area contributed by atoms with E-state index in [1.165, 1.54) is 6.07 Å². The second kappa shape index (κ2) is 5.05. The van der Waals surface area contributed by atoms with Crippen molar-refractivity contribution in [2.24, 2.45) is 0 Å². The quantitative estimate of drug-likeness (QED) is 0.572. The zero-order chi connectivity index (χ0) is 15.1. The molecule has 1 heterocycles. The second-order valence-corrected chi connectivity index (χ2v) is 5.79. The zero-order valence-electron chi connectivity index (χ0n) is 11.1. The standard InChI is InChI=1S/C14H12ClF3N2/c1-14(2,3)13-19-10(6-11(15)20-13)7-4-8(16)12(18)9(17)5-7/h4-6H,1-3H3. The third-order valence-corrected chi connectivity index (χ3v) is 2.84. The van der Waals surface area contributed by atoms with Gasteiger partial charge in [0.25, 0.3) is 0 Å². The van der Waals surface area contributed by atoms with Crippen molar-refractivity contribution in [3.05, 3.63) is 46.6 Å². The molecule has 1 aromatic heterocycles. The normalized spacial score (nSPS) is 11.8. The Bertz CT molecular complexity index is 643. The van der Waals surface area contributed by atoms with Crippen molar-refractivity contribution in [1.29, 1.82) is 0 Å². The molecule has 0 amide bonds. The van der Waals surface area contributed by atoms with Crippen LogP contribution in [0.5, 0.6) is 0 Å². The molecule has 106 valence electrons. The van der Waals surface area contributed by atoms with Crippen LogP contribution in [0.3, 0.4) is 0 Å². The molecule has 1 aromatic carbocycles. The van der Waals surface area contributed by atoms with Crippen molar-refractivity contribution in [1.82, 2.24) is 9.97 Å². The highest BCUT2D eigenvalue weighted by atomic mass is 35.5. The topological polar surface area (TPSA) is 25.8 Å². The molecule has 0 radical (unpaired) electrons. The minimum absolute atomic E-state index is 0.108. The zero-order valence-corrected chi connectivity index (χ0v) is 11.9. The van der Waals surface area contributed by atoms with Gasteiger partial charge in [0.15, 0.2) is 17.5 Å². The largest absolute Gasteiger partial charge is 0.232 e. The maximum Gasteiger partial charge on any atom is 0.194 e. The fraction of sp³-hybridized carbons (Fsp3) is 0.286. The van der Waals surface area contributed by atoms with E-state index < -0.39 is 17.5 Å². The van der Waals surface area contributed by atoms with E-state index >= 15 is 0 Å². The van der Waals surface area contributed by atoms with Gasteiger partial charge in [-0.1, -0.05) is 32.4 Å². The molecule has 0 aliphatic rings. The summed E-state index contributed by atoms with van der Waals surface area (Å²) in [5.74, 6) is -3.62. The van der Waals surface area contributed by atoms with E-state index in [9.17, 15) is 13.2 Å². The average molecular weight is 301 g/mol. The molecule has 0 atom stereocenters. The van der Waals surface area contributed by atoms with Crippen LogP contribution in [0.2, 0.25) is 5.15 Å². The first-order valence-electron chi connectivity index (χ1n) is 5.88. The molecule has 20 heavy (non-hydrogen) atoms. The van der Waals surface area contributed by atoms with Gasteiger partial charge >= 0.3 is 0 Å². The first kappa shape index (κ1) is 14.8. The maximum absolute atomic E-state index is 13.3. The Kier molecular flexibility index (Phi) is 3.73. The third-order valence-electron chi connectivity index (χ3n) is 2.65. The van der Waals surface area contributed by atoms with E-state index in [0.717, 1.165) is 12.1 Å². The van der Waals surface area contributed by atoms with Gasteiger partial charge in [-0.2, -0.15) is 0 Å². The highest BCUT2D eigenvalue weighted by Crippen LogP contribution is 2.27. The van der Waals surface area contributed by atoms with Gasteiger partial charge in [0.2, 0.25) is 0 Å². The van der Waals surface area contributed by atoms with Gasteiger partial charge in [0.05, 0.1) is 5.69 Å². The number of rotatable bonds is 1. The lowest BCUT2D eigenvalue weighted by molar-refractivity contribution is 0.447. The third kappa shape index (κ3) is 2.93. The van der Waals surface area contributed by atoms with Crippen molar-refractivity contribution in [3.63, 3.8) is 0 Å². The van der Waals surface area contributed by atoms with Crippen LogP contribution in [-0.4, -0.2) is 9.97 Å². The van der Waals surface area contributed by atoms with Crippen LogP contribution >= 0.6 is 11.6 Å². The molecule has 0 unspecified atom stereocenters. The summed E-state index contributed by atoms with van der Waals surface area (Å²) in [6.07, 6.45) is 0. The first-order chi connectivity index (χ1) is 9.18. The number of nitrogens with zero attached hydrogens (tertiary/aromatic N) is 2. The summed E-state index contributed by atoms with van der Waals surface area (Å²) in [4.78, 5) is 8.32. The van der Waals surface area contributed by atoms with Gasteiger partial charge in [0.1, 0.15) is 11.0 Å².